The first-order chi connectivity index (χ1) is 6.19. The van der Waals surface area contributed by atoms with Gasteiger partial charge in [-0.1, -0.05) is 12.1 Å². The molecule has 1 aromatic carbocycles. The molecule has 0 heterocycles. The van der Waals surface area contributed by atoms with Crippen LogP contribution in [0.4, 0.5) is 0 Å². The fraction of sp³-hybridized carbons (Fsp3) is 0.200. The summed E-state index contributed by atoms with van der Waals surface area (Å²) >= 11 is 2.24. The number of nitrogens with two attached hydrogens (primary N) is 1. The second-order valence-electron chi connectivity index (χ2n) is 2.65. The van der Waals surface area contributed by atoms with Crippen LogP contribution in [0.3, 0.4) is 0 Å². The van der Waals surface area contributed by atoms with Gasteiger partial charge in [0.2, 0.25) is 0 Å². The van der Waals surface area contributed by atoms with Crippen LogP contribution in [0, 0.1) is 3.57 Å². The third-order valence-electron chi connectivity index (χ3n) is 1.82. The highest BCUT2D eigenvalue weighted by molar-refractivity contribution is 14.1. The zero-order valence-corrected chi connectivity index (χ0v) is 9.61. The zero-order chi connectivity index (χ0) is 9.84. The third-order valence-corrected chi connectivity index (χ3v) is 2.75. The SMILES string of the molecule is C=CC(N)c1ccc(OC)cc1I. The first kappa shape index (κ1) is 10.5. The zero-order valence-electron chi connectivity index (χ0n) is 7.46. The van der Waals surface area contributed by atoms with Gasteiger partial charge < -0.3 is 10.5 Å². The van der Waals surface area contributed by atoms with E-state index in [1.54, 1.807) is 13.2 Å². The van der Waals surface area contributed by atoms with Gasteiger partial charge in [0.05, 0.1) is 7.11 Å². The highest BCUT2D eigenvalue weighted by atomic mass is 127. The molecule has 0 aliphatic rings. The Morgan fingerprint density at radius 3 is 2.77 bits per heavy atom. The number of methoxy groups -OCH3 is 1. The Balaban J connectivity index is 3.04. The van der Waals surface area contributed by atoms with Crippen LogP contribution >= 0.6 is 22.6 Å². The van der Waals surface area contributed by atoms with Gasteiger partial charge in [0.15, 0.2) is 0 Å². The van der Waals surface area contributed by atoms with E-state index in [1.807, 2.05) is 18.2 Å². The second-order valence-corrected chi connectivity index (χ2v) is 3.81. The lowest BCUT2D eigenvalue weighted by Gasteiger charge is -2.10. The fourth-order valence-corrected chi connectivity index (χ4v) is 1.88. The van der Waals surface area contributed by atoms with E-state index in [-0.39, 0.29) is 6.04 Å². The average molecular weight is 289 g/mol. The molecule has 0 spiro atoms. The standard InChI is InChI=1S/C10H12INO/c1-3-10(12)8-5-4-7(13-2)6-9(8)11/h3-6,10H,1,12H2,2H3. The van der Waals surface area contributed by atoms with Crippen LogP contribution in [0.2, 0.25) is 0 Å². The summed E-state index contributed by atoms with van der Waals surface area (Å²) in [6.45, 7) is 3.66. The maximum absolute atomic E-state index is 5.82. The van der Waals surface area contributed by atoms with Gasteiger partial charge in [-0.3, -0.25) is 0 Å². The van der Waals surface area contributed by atoms with Crippen molar-refractivity contribution in [2.75, 3.05) is 7.11 Å². The summed E-state index contributed by atoms with van der Waals surface area (Å²) in [6.07, 6.45) is 1.73. The maximum atomic E-state index is 5.82. The van der Waals surface area contributed by atoms with Crippen LogP contribution in [-0.2, 0) is 0 Å². The normalized spacial score (nSPS) is 12.2. The Hall–Kier alpha value is -0.550. The molecule has 1 rings (SSSR count). The molecule has 0 fully saturated rings. The molecular weight excluding hydrogens is 277 g/mol. The Bertz CT molecular complexity index is 312. The van der Waals surface area contributed by atoms with Gasteiger partial charge >= 0.3 is 0 Å². The van der Waals surface area contributed by atoms with Crippen molar-refractivity contribution in [2.24, 2.45) is 5.73 Å². The highest BCUT2D eigenvalue weighted by Crippen LogP contribution is 2.23. The predicted octanol–water partition coefficient (Wildman–Crippen LogP) is 2.49. The lowest BCUT2D eigenvalue weighted by Crippen LogP contribution is -2.08. The molecule has 2 N–H and O–H groups in total. The second kappa shape index (κ2) is 4.62. The number of hydrogen-bond acceptors (Lipinski definition) is 2. The Labute approximate surface area is 91.9 Å². The fourth-order valence-electron chi connectivity index (χ4n) is 1.03. The molecule has 1 aromatic rings. The molecule has 0 saturated heterocycles. The van der Waals surface area contributed by atoms with Crippen molar-refractivity contribution < 1.29 is 4.74 Å². The van der Waals surface area contributed by atoms with Crippen LogP contribution in [0.25, 0.3) is 0 Å². The molecule has 0 aromatic heterocycles. The van der Waals surface area contributed by atoms with Crippen molar-refractivity contribution in [3.05, 3.63) is 40.0 Å². The molecule has 2 nitrogen and oxygen atoms in total. The molecule has 0 saturated carbocycles. The first-order valence-corrected chi connectivity index (χ1v) is 4.98. The predicted molar refractivity (Wildman–Crippen MR) is 62.8 cm³/mol. The summed E-state index contributed by atoms with van der Waals surface area (Å²) < 4.78 is 6.19. The molecule has 0 aliphatic heterocycles. The smallest absolute Gasteiger partial charge is 0.119 e. The van der Waals surface area contributed by atoms with Crippen LogP contribution in [-0.4, -0.2) is 7.11 Å². The summed E-state index contributed by atoms with van der Waals surface area (Å²) in [7, 11) is 1.65. The van der Waals surface area contributed by atoms with Gasteiger partial charge in [0.1, 0.15) is 5.75 Å². The minimum Gasteiger partial charge on any atom is -0.497 e. The Kier molecular flexibility index (Phi) is 3.74. The Morgan fingerprint density at radius 2 is 2.31 bits per heavy atom. The molecule has 70 valence electrons. The summed E-state index contributed by atoms with van der Waals surface area (Å²) in [5, 5.41) is 0. The minimum absolute atomic E-state index is 0.0993. The Morgan fingerprint density at radius 1 is 1.62 bits per heavy atom. The van der Waals surface area contributed by atoms with Crippen molar-refractivity contribution >= 4 is 22.6 Å². The van der Waals surface area contributed by atoms with Gasteiger partial charge in [-0.25, -0.2) is 0 Å². The molecular formula is C10H12INO. The van der Waals surface area contributed by atoms with E-state index in [2.05, 4.69) is 29.2 Å². The summed E-state index contributed by atoms with van der Waals surface area (Å²) in [5.41, 5.74) is 6.90. The minimum atomic E-state index is -0.0993. The van der Waals surface area contributed by atoms with Crippen LogP contribution < -0.4 is 10.5 Å². The molecule has 13 heavy (non-hydrogen) atoms. The van der Waals surface area contributed by atoms with E-state index in [4.69, 9.17) is 10.5 Å². The maximum Gasteiger partial charge on any atom is 0.119 e. The van der Waals surface area contributed by atoms with E-state index in [1.165, 1.54) is 0 Å². The molecule has 0 bridgehead atoms. The quantitative estimate of drug-likeness (QED) is 0.685. The number of benzene rings is 1. The van der Waals surface area contributed by atoms with Crippen molar-refractivity contribution in [3.63, 3.8) is 0 Å². The van der Waals surface area contributed by atoms with Gasteiger partial charge in [-0.05, 0) is 40.3 Å². The molecule has 1 unspecified atom stereocenters. The monoisotopic (exact) mass is 289 g/mol. The van der Waals surface area contributed by atoms with E-state index in [0.29, 0.717) is 0 Å². The van der Waals surface area contributed by atoms with Crippen molar-refractivity contribution in [3.8, 4) is 5.75 Å². The van der Waals surface area contributed by atoms with Gasteiger partial charge in [-0.2, -0.15) is 0 Å². The number of rotatable bonds is 3. The van der Waals surface area contributed by atoms with E-state index < -0.39 is 0 Å². The first-order valence-electron chi connectivity index (χ1n) is 3.90. The summed E-state index contributed by atoms with van der Waals surface area (Å²) in [4.78, 5) is 0. The number of ether oxygens (including phenoxy) is 1. The van der Waals surface area contributed by atoms with Crippen LogP contribution in [0.5, 0.6) is 5.75 Å². The molecule has 0 radical (unpaired) electrons. The van der Waals surface area contributed by atoms with E-state index in [0.717, 1.165) is 14.9 Å². The van der Waals surface area contributed by atoms with Crippen LogP contribution in [0.15, 0.2) is 30.9 Å². The third kappa shape index (κ3) is 2.45. The summed E-state index contributed by atoms with van der Waals surface area (Å²) in [6, 6.07) is 5.73. The van der Waals surface area contributed by atoms with Crippen molar-refractivity contribution in [1.29, 1.82) is 0 Å². The van der Waals surface area contributed by atoms with E-state index >= 15 is 0 Å². The molecule has 1 atom stereocenters. The molecule has 0 amide bonds. The lowest BCUT2D eigenvalue weighted by atomic mass is 10.1. The summed E-state index contributed by atoms with van der Waals surface area (Å²) in [5.74, 6) is 0.851. The lowest BCUT2D eigenvalue weighted by molar-refractivity contribution is 0.414. The van der Waals surface area contributed by atoms with Gasteiger partial charge in [-0.15, -0.1) is 6.58 Å². The molecule has 0 aliphatic carbocycles. The van der Waals surface area contributed by atoms with Gasteiger partial charge in [0, 0.05) is 9.61 Å². The van der Waals surface area contributed by atoms with Gasteiger partial charge in [0.25, 0.3) is 0 Å². The highest BCUT2D eigenvalue weighted by Gasteiger charge is 2.06. The largest absolute Gasteiger partial charge is 0.497 e. The average Bonchev–Trinajstić information content (AvgIpc) is 2.16. The van der Waals surface area contributed by atoms with E-state index in [9.17, 15) is 0 Å². The number of halogens is 1. The van der Waals surface area contributed by atoms with Crippen molar-refractivity contribution in [2.45, 2.75) is 6.04 Å². The topological polar surface area (TPSA) is 35.2 Å². The molecule has 3 heteroatoms. The van der Waals surface area contributed by atoms with Crippen molar-refractivity contribution in [1.82, 2.24) is 0 Å². The van der Waals surface area contributed by atoms with Crippen LogP contribution in [0.1, 0.15) is 11.6 Å². The number of hydrogen-bond donors (Lipinski definition) is 1.